The topological polar surface area (TPSA) is 38.1 Å². The predicted molar refractivity (Wildman–Crippen MR) is 87.8 cm³/mol. The Morgan fingerprint density at radius 1 is 1.15 bits per heavy atom. The van der Waals surface area contributed by atoms with Crippen LogP contribution < -0.4 is 0 Å². The number of hydrogen-bond acceptors (Lipinski definition) is 2. The first-order valence-electron chi connectivity index (χ1n) is 6.70. The quantitative estimate of drug-likeness (QED) is 0.676. The van der Waals surface area contributed by atoms with Crippen molar-refractivity contribution in [3.05, 3.63) is 46.0 Å². The highest BCUT2D eigenvalue weighted by atomic mass is 127. The van der Waals surface area contributed by atoms with E-state index >= 15 is 0 Å². The van der Waals surface area contributed by atoms with Gasteiger partial charge in [-0.05, 0) is 65.8 Å². The molecule has 1 aromatic heterocycles. The van der Waals surface area contributed by atoms with E-state index in [-0.39, 0.29) is 0 Å². The fourth-order valence-corrected chi connectivity index (χ4v) is 2.94. The molecule has 0 unspecified atom stereocenters. The van der Waals surface area contributed by atoms with Crippen LogP contribution in [0.5, 0.6) is 5.75 Å². The fourth-order valence-electron chi connectivity index (χ4n) is 2.60. The van der Waals surface area contributed by atoms with E-state index in [9.17, 15) is 5.11 Å². The van der Waals surface area contributed by atoms with Gasteiger partial charge in [0.05, 0.1) is 14.6 Å². The molecule has 100 valence electrons. The lowest BCUT2D eigenvalue weighted by Gasteiger charge is -2.08. The summed E-state index contributed by atoms with van der Waals surface area (Å²) in [5.41, 5.74) is 3.18. The lowest BCUT2D eigenvalue weighted by atomic mass is 10.2. The molecule has 1 N–H and O–H groups in total. The van der Waals surface area contributed by atoms with Gasteiger partial charge >= 0.3 is 0 Å². The van der Waals surface area contributed by atoms with Gasteiger partial charge < -0.3 is 9.67 Å². The number of phenolic OH excluding ortho intramolecular Hbond substituents is 1. The number of phenols is 1. The monoisotopic (exact) mass is 376 g/mol. The smallest absolute Gasteiger partial charge is 0.141 e. The Bertz CT molecular complexity index is 805. The molecule has 2 aromatic carbocycles. The van der Waals surface area contributed by atoms with Gasteiger partial charge in [-0.2, -0.15) is 0 Å². The summed E-state index contributed by atoms with van der Waals surface area (Å²) < 4.78 is 3.18. The second-order valence-electron chi connectivity index (χ2n) is 5.19. The molecule has 1 aliphatic carbocycles. The van der Waals surface area contributed by atoms with Crippen molar-refractivity contribution in [2.75, 3.05) is 0 Å². The molecule has 1 saturated carbocycles. The van der Waals surface area contributed by atoms with Gasteiger partial charge in [-0.15, -0.1) is 0 Å². The summed E-state index contributed by atoms with van der Waals surface area (Å²) in [6.07, 6.45) is 2.42. The Morgan fingerprint density at radius 2 is 1.95 bits per heavy atom. The zero-order valence-electron chi connectivity index (χ0n) is 10.8. The van der Waals surface area contributed by atoms with E-state index in [1.54, 1.807) is 0 Å². The number of benzene rings is 2. The van der Waals surface area contributed by atoms with Gasteiger partial charge in [0.25, 0.3) is 0 Å². The number of hydrogen-bond donors (Lipinski definition) is 1. The summed E-state index contributed by atoms with van der Waals surface area (Å²) >= 11 is 2.13. The van der Waals surface area contributed by atoms with Crippen LogP contribution in [-0.2, 0) is 0 Å². The molecule has 4 rings (SSSR count). The Morgan fingerprint density at radius 3 is 2.70 bits per heavy atom. The average Bonchev–Trinajstić information content (AvgIpc) is 3.22. The number of fused-ring (bicyclic) bond motifs is 1. The van der Waals surface area contributed by atoms with Crippen molar-refractivity contribution >= 4 is 33.6 Å². The SMILES string of the molecule is Oc1cc(-c2nc3ccccc3n2C2CC2)ccc1I. The van der Waals surface area contributed by atoms with Crippen LogP contribution in [0.4, 0.5) is 0 Å². The van der Waals surface area contributed by atoms with Gasteiger partial charge in [-0.25, -0.2) is 4.98 Å². The third-order valence-electron chi connectivity index (χ3n) is 3.71. The van der Waals surface area contributed by atoms with Crippen LogP contribution in [0, 0.1) is 3.57 Å². The summed E-state index contributed by atoms with van der Waals surface area (Å²) in [6, 6.07) is 14.6. The highest BCUT2D eigenvalue weighted by molar-refractivity contribution is 14.1. The molecule has 0 atom stereocenters. The number of para-hydroxylation sites is 2. The van der Waals surface area contributed by atoms with Crippen LogP contribution in [0.15, 0.2) is 42.5 Å². The van der Waals surface area contributed by atoms with Crippen molar-refractivity contribution < 1.29 is 5.11 Å². The second-order valence-corrected chi connectivity index (χ2v) is 6.35. The third-order valence-corrected chi connectivity index (χ3v) is 4.62. The summed E-state index contributed by atoms with van der Waals surface area (Å²) in [6.45, 7) is 0. The number of nitrogens with zero attached hydrogens (tertiary/aromatic N) is 2. The minimum absolute atomic E-state index is 0.317. The molecule has 1 aliphatic rings. The summed E-state index contributed by atoms with van der Waals surface area (Å²) in [7, 11) is 0. The average molecular weight is 376 g/mol. The third kappa shape index (κ3) is 1.90. The summed E-state index contributed by atoms with van der Waals surface area (Å²) in [4.78, 5) is 4.76. The van der Waals surface area contributed by atoms with E-state index in [4.69, 9.17) is 4.98 Å². The molecule has 4 heteroatoms. The maximum Gasteiger partial charge on any atom is 0.141 e. The van der Waals surface area contributed by atoms with Gasteiger partial charge in [0.2, 0.25) is 0 Å². The normalized spacial score (nSPS) is 14.8. The minimum Gasteiger partial charge on any atom is -0.507 e. The second kappa shape index (κ2) is 4.48. The van der Waals surface area contributed by atoms with Gasteiger partial charge in [0, 0.05) is 11.6 Å². The van der Waals surface area contributed by atoms with Crippen molar-refractivity contribution in [1.29, 1.82) is 0 Å². The molecule has 3 aromatic rings. The Kier molecular flexibility index (Phi) is 2.73. The molecule has 0 saturated heterocycles. The first kappa shape index (κ1) is 12.2. The fraction of sp³-hybridized carbons (Fsp3) is 0.188. The maximum atomic E-state index is 9.94. The molecular formula is C16H13IN2O. The van der Waals surface area contributed by atoms with Crippen molar-refractivity contribution in [1.82, 2.24) is 9.55 Å². The molecule has 0 bridgehead atoms. The molecule has 1 heterocycles. The van der Waals surface area contributed by atoms with Gasteiger partial charge in [0.15, 0.2) is 0 Å². The molecule has 0 amide bonds. The lowest BCUT2D eigenvalue weighted by molar-refractivity contribution is 0.471. The first-order chi connectivity index (χ1) is 9.74. The van der Waals surface area contributed by atoms with E-state index < -0.39 is 0 Å². The predicted octanol–water partition coefficient (Wildman–Crippen LogP) is 4.35. The Balaban J connectivity index is 1.98. The van der Waals surface area contributed by atoms with Crippen molar-refractivity contribution in [2.45, 2.75) is 18.9 Å². The first-order valence-corrected chi connectivity index (χ1v) is 7.78. The zero-order valence-corrected chi connectivity index (χ0v) is 12.9. The van der Waals surface area contributed by atoms with Crippen LogP contribution in [0.1, 0.15) is 18.9 Å². The molecule has 1 fully saturated rings. The number of imidazole rings is 1. The van der Waals surface area contributed by atoms with Crippen LogP contribution in [0.25, 0.3) is 22.4 Å². The summed E-state index contributed by atoms with van der Waals surface area (Å²) in [5.74, 6) is 1.28. The number of aromatic nitrogens is 2. The van der Waals surface area contributed by atoms with Crippen molar-refractivity contribution in [3.63, 3.8) is 0 Å². The highest BCUT2D eigenvalue weighted by Gasteiger charge is 2.28. The van der Waals surface area contributed by atoms with E-state index in [0.29, 0.717) is 11.8 Å². The van der Waals surface area contributed by atoms with E-state index in [1.165, 1.54) is 18.4 Å². The molecule has 0 spiro atoms. The van der Waals surface area contributed by atoms with Gasteiger partial charge in [-0.3, -0.25) is 0 Å². The van der Waals surface area contributed by atoms with E-state index in [2.05, 4.69) is 39.3 Å². The maximum absolute atomic E-state index is 9.94. The summed E-state index contributed by atoms with van der Waals surface area (Å²) in [5, 5.41) is 9.94. The van der Waals surface area contributed by atoms with E-state index in [0.717, 1.165) is 20.5 Å². The zero-order chi connectivity index (χ0) is 13.7. The minimum atomic E-state index is 0.317. The van der Waals surface area contributed by atoms with Crippen molar-refractivity contribution in [2.24, 2.45) is 0 Å². The van der Waals surface area contributed by atoms with Crippen LogP contribution in [-0.4, -0.2) is 14.7 Å². The molecule has 20 heavy (non-hydrogen) atoms. The number of halogens is 1. The number of aromatic hydroxyl groups is 1. The van der Waals surface area contributed by atoms with Crippen LogP contribution in [0.2, 0.25) is 0 Å². The Labute approximate surface area is 130 Å². The lowest BCUT2D eigenvalue weighted by Crippen LogP contribution is -1.97. The van der Waals surface area contributed by atoms with Crippen LogP contribution in [0.3, 0.4) is 0 Å². The van der Waals surface area contributed by atoms with Crippen molar-refractivity contribution in [3.8, 4) is 17.1 Å². The standard InChI is InChI=1S/C16H13IN2O/c17-12-8-5-10(9-15(12)20)16-18-13-3-1-2-4-14(13)19(16)11-6-7-11/h1-5,8-9,11,20H,6-7H2. The van der Waals surface area contributed by atoms with Gasteiger partial charge in [0.1, 0.15) is 11.6 Å². The molecule has 0 radical (unpaired) electrons. The van der Waals surface area contributed by atoms with Gasteiger partial charge in [-0.1, -0.05) is 12.1 Å². The highest BCUT2D eigenvalue weighted by Crippen LogP contribution is 2.41. The molecular weight excluding hydrogens is 363 g/mol. The molecule has 0 aliphatic heterocycles. The largest absolute Gasteiger partial charge is 0.507 e. The van der Waals surface area contributed by atoms with E-state index in [1.807, 2.05) is 30.3 Å². The molecule has 3 nitrogen and oxygen atoms in total. The number of rotatable bonds is 2. The Hall–Kier alpha value is -1.56. The van der Waals surface area contributed by atoms with Crippen LogP contribution >= 0.6 is 22.6 Å².